The SMILES string of the molecule is Cc1cc(NC(=O)[C@H]2[C@@H](C(=O)O)C2(C)C)n(-c2ccc(F)cc2)n1. The van der Waals surface area contributed by atoms with Crippen LogP contribution in [0, 0.1) is 30.0 Å². The minimum absolute atomic E-state index is 0.351. The van der Waals surface area contributed by atoms with E-state index in [1.165, 1.54) is 16.8 Å². The summed E-state index contributed by atoms with van der Waals surface area (Å²) in [5, 5.41) is 16.3. The quantitative estimate of drug-likeness (QED) is 0.902. The third kappa shape index (κ3) is 2.66. The number of carbonyl (C=O) groups excluding carboxylic acids is 1. The van der Waals surface area contributed by atoms with Gasteiger partial charge in [-0.25, -0.2) is 9.07 Å². The van der Waals surface area contributed by atoms with Gasteiger partial charge < -0.3 is 10.4 Å². The fourth-order valence-corrected chi connectivity index (χ4v) is 3.16. The zero-order valence-corrected chi connectivity index (χ0v) is 13.6. The molecule has 2 aromatic rings. The Kier molecular flexibility index (Phi) is 3.66. The van der Waals surface area contributed by atoms with Crippen molar-refractivity contribution in [1.82, 2.24) is 9.78 Å². The van der Waals surface area contributed by atoms with Gasteiger partial charge in [0.25, 0.3) is 0 Å². The molecule has 7 heteroatoms. The Morgan fingerprint density at radius 1 is 1.25 bits per heavy atom. The number of amides is 1. The summed E-state index contributed by atoms with van der Waals surface area (Å²) in [6, 6.07) is 7.41. The van der Waals surface area contributed by atoms with Crippen molar-refractivity contribution in [3.63, 3.8) is 0 Å². The molecule has 1 aliphatic rings. The highest BCUT2D eigenvalue weighted by Gasteiger charge is 2.66. The van der Waals surface area contributed by atoms with E-state index in [9.17, 15) is 19.1 Å². The Balaban J connectivity index is 1.85. The number of nitrogens with zero attached hydrogens (tertiary/aromatic N) is 2. The molecule has 1 heterocycles. The van der Waals surface area contributed by atoms with Gasteiger partial charge in [0.2, 0.25) is 5.91 Å². The topological polar surface area (TPSA) is 84.2 Å². The number of aliphatic carboxylic acids is 1. The number of aromatic nitrogens is 2. The lowest BCUT2D eigenvalue weighted by Gasteiger charge is -2.09. The largest absolute Gasteiger partial charge is 0.481 e. The van der Waals surface area contributed by atoms with Gasteiger partial charge in [0, 0.05) is 6.07 Å². The molecule has 1 aliphatic carbocycles. The van der Waals surface area contributed by atoms with Crippen LogP contribution >= 0.6 is 0 Å². The molecule has 1 aromatic heterocycles. The molecule has 0 bridgehead atoms. The minimum atomic E-state index is -0.969. The summed E-state index contributed by atoms with van der Waals surface area (Å²) in [6.45, 7) is 5.30. The average Bonchev–Trinajstić information content (AvgIpc) is 2.90. The number of carbonyl (C=O) groups is 2. The van der Waals surface area contributed by atoms with Gasteiger partial charge in [0.1, 0.15) is 11.6 Å². The van der Waals surface area contributed by atoms with Crippen LogP contribution in [-0.2, 0) is 9.59 Å². The molecule has 0 radical (unpaired) electrons. The van der Waals surface area contributed by atoms with Gasteiger partial charge >= 0.3 is 5.97 Å². The van der Waals surface area contributed by atoms with Gasteiger partial charge in [-0.2, -0.15) is 5.10 Å². The predicted octanol–water partition coefficient (Wildman–Crippen LogP) is 2.62. The van der Waals surface area contributed by atoms with Crippen molar-refractivity contribution < 1.29 is 19.1 Å². The van der Waals surface area contributed by atoms with Crippen LogP contribution in [0.25, 0.3) is 5.69 Å². The molecule has 0 unspecified atom stereocenters. The van der Waals surface area contributed by atoms with Gasteiger partial charge in [0.15, 0.2) is 0 Å². The number of carboxylic acid groups (broad SMARTS) is 1. The normalized spacial score (nSPS) is 21.3. The third-order valence-electron chi connectivity index (χ3n) is 4.53. The number of hydrogen-bond acceptors (Lipinski definition) is 3. The first-order chi connectivity index (χ1) is 11.2. The second-order valence-electron chi connectivity index (χ2n) is 6.66. The summed E-state index contributed by atoms with van der Waals surface area (Å²) in [5.41, 5.74) is 0.704. The molecule has 1 saturated carbocycles. The average molecular weight is 331 g/mol. The molecule has 0 saturated heterocycles. The Hall–Kier alpha value is -2.70. The van der Waals surface area contributed by atoms with Gasteiger partial charge in [-0.1, -0.05) is 13.8 Å². The van der Waals surface area contributed by atoms with E-state index in [1.807, 2.05) is 0 Å². The Labute approximate surface area is 138 Å². The van der Waals surface area contributed by atoms with E-state index in [-0.39, 0.29) is 11.7 Å². The lowest BCUT2D eigenvalue weighted by atomic mass is 10.1. The third-order valence-corrected chi connectivity index (χ3v) is 4.53. The maximum atomic E-state index is 13.1. The van der Waals surface area contributed by atoms with E-state index >= 15 is 0 Å². The zero-order valence-electron chi connectivity index (χ0n) is 13.6. The summed E-state index contributed by atoms with van der Waals surface area (Å²) < 4.78 is 14.6. The van der Waals surface area contributed by atoms with Crippen molar-refractivity contribution in [3.05, 3.63) is 41.8 Å². The maximum Gasteiger partial charge on any atom is 0.307 e. The standard InChI is InChI=1S/C17H18FN3O3/c1-9-8-12(21(20-9)11-6-4-10(18)5-7-11)19-15(22)13-14(16(23)24)17(13,2)3/h4-8,13-14H,1-3H3,(H,19,22)(H,23,24)/t13-,14+/m1/s1. The lowest BCUT2D eigenvalue weighted by Crippen LogP contribution is -2.19. The molecular weight excluding hydrogens is 313 g/mol. The van der Waals surface area contributed by atoms with Crippen LogP contribution in [-0.4, -0.2) is 26.8 Å². The Bertz CT molecular complexity index is 811. The molecule has 1 aromatic carbocycles. The number of halogens is 1. The predicted molar refractivity (Wildman–Crippen MR) is 85.3 cm³/mol. The minimum Gasteiger partial charge on any atom is -0.481 e. The highest BCUT2D eigenvalue weighted by molar-refractivity contribution is 5.99. The summed E-state index contributed by atoms with van der Waals surface area (Å²) in [5.74, 6) is -2.54. The zero-order chi connectivity index (χ0) is 17.6. The van der Waals surface area contributed by atoms with E-state index in [4.69, 9.17) is 0 Å². The molecule has 24 heavy (non-hydrogen) atoms. The molecule has 2 atom stereocenters. The first-order valence-corrected chi connectivity index (χ1v) is 7.58. The van der Waals surface area contributed by atoms with Crippen molar-refractivity contribution >= 4 is 17.7 Å². The first-order valence-electron chi connectivity index (χ1n) is 7.58. The number of hydrogen-bond donors (Lipinski definition) is 2. The van der Waals surface area contributed by atoms with Gasteiger partial charge in [0.05, 0.1) is 23.2 Å². The van der Waals surface area contributed by atoms with E-state index in [2.05, 4.69) is 10.4 Å². The van der Waals surface area contributed by atoms with Crippen LogP contribution in [0.2, 0.25) is 0 Å². The molecule has 1 fully saturated rings. The van der Waals surface area contributed by atoms with Crippen LogP contribution in [0.4, 0.5) is 10.2 Å². The molecule has 1 amide bonds. The Morgan fingerprint density at radius 2 is 1.88 bits per heavy atom. The van der Waals surface area contributed by atoms with Crippen LogP contribution in [0.3, 0.4) is 0 Å². The maximum absolute atomic E-state index is 13.1. The van der Waals surface area contributed by atoms with E-state index in [0.717, 1.165) is 0 Å². The highest BCUT2D eigenvalue weighted by atomic mass is 19.1. The van der Waals surface area contributed by atoms with Crippen molar-refractivity contribution in [3.8, 4) is 5.69 Å². The molecule has 0 spiro atoms. The van der Waals surface area contributed by atoms with E-state index < -0.39 is 23.2 Å². The molecule has 126 valence electrons. The smallest absolute Gasteiger partial charge is 0.307 e. The van der Waals surface area contributed by atoms with Crippen molar-refractivity contribution in [2.24, 2.45) is 17.3 Å². The molecule has 2 N–H and O–H groups in total. The van der Waals surface area contributed by atoms with Gasteiger partial charge in [-0.3, -0.25) is 9.59 Å². The monoisotopic (exact) mass is 331 g/mol. The number of aryl methyl sites for hydroxylation is 1. The number of anilines is 1. The Morgan fingerprint density at radius 3 is 2.42 bits per heavy atom. The van der Waals surface area contributed by atoms with Crippen molar-refractivity contribution in [2.75, 3.05) is 5.32 Å². The number of carboxylic acids is 1. The number of rotatable bonds is 4. The summed E-state index contributed by atoms with van der Waals surface area (Å²) in [4.78, 5) is 23.7. The van der Waals surface area contributed by atoms with Gasteiger partial charge in [-0.15, -0.1) is 0 Å². The van der Waals surface area contributed by atoms with E-state index in [1.54, 1.807) is 39.0 Å². The first kappa shape index (κ1) is 16.2. The molecular formula is C17H18FN3O3. The molecule has 6 nitrogen and oxygen atoms in total. The van der Waals surface area contributed by atoms with Crippen LogP contribution in [0.1, 0.15) is 19.5 Å². The van der Waals surface area contributed by atoms with Crippen LogP contribution < -0.4 is 5.32 Å². The van der Waals surface area contributed by atoms with E-state index in [0.29, 0.717) is 17.2 Å². The number of nitrogens with one attached hydrogen (secondary N) is 1. The van der Waals surface area contributed by atoms with Crippen molar-refractivity contribution in [1.29, 1.82) is 0 Å². The fraction of sp³-hybridized carbons (Fsp3) is 0.353. The molecule has 3 rings (SSSR count). The second-order valence-corrected chi connectivity index (χ2v) is 6.66. The number of benzene rings is 1. The molecule has 0 aliphatic heterocycles. The summed E-state index contributed by atoms with van der Waals surface area (Å²) in [6.07, 6.45) is 0. The van der Waals surface area contributed by atoms with Crippen LogP contribution in [0.15, 0.2) is 30.3 Å². The van der Waals surface area contributed by atoms with Gasteiger partial charge in [-0.05, 0) is 36.6 Å². The summed E-state index contributed by atoms with van der Waals surface area (Å²) >= 11 is 0. The second kappa shape index (κ2) is 5.43. The summed E-state index contributed by atoms with van der Waals surface area (Å²) in [7, 11) is 0. The van der Waals surface area contributed by atoms with Crippen LogP contribution in [0.5, 0.6) is 0 Å². The lowest BCUT2D eigenvalue weighted by molar-refractivity contribution is -0.140. The van der Waals surface area contributed by atoms with Crippen molar-refractivity contribution in [2.45, 2.75) is 20.8 Å². The highest BCUT2D eigenvalue weighted by Crippen LogP contribution is 2.58. The fourth-order valence-electron chi connectivity index (χ4n) is 3.16.